The van der Waals surface area contributed by atoms with Crippen LogP contribution in [-0.2, 0) is 20.9 Å². The van der Waals surface area contributed by atoms with E-state index in [0.29, 0.717) is 28.3 Å². The van der Waals surface area contributed by atoms with Gasteiger partial charge in [0.1, 0.15) is 0 Å². The summed E-state index contributed by atoms with van der Waals surface area (Å²) in [6.07, 6.45) is 5.40. The third-order valence-electron chi connectivity index (χ3n) is 5.17. The molecule has 0 radical (unpaired) electrons. The van der Waals surface area contributed by atoms with Crippen LogP contribution in [0, 0.1) is 17.8 Å². The van der Waals surface area contributed by atoms with E-state index in [4.69, 9.17) is 27.9 Å². The lowest BCUT2D eigenvalue weighted by Gasteiger charge is -2.20. The van der Waals surface area contributed by atoms with Crippen LogP contribution in [0.15, 0.2) is 18.2 Å². The van der Waals surface area contributed by atoms with Gasteiger partial charge in [-0.25, -0.2) is 0 Å². The minimum atomic E-state index is -0.331. The number of benzene rings is 1. The lowest BCUT2D eigenvalue weighted by atomic mass is 9.86. The molecule has 0 aliphatic heterocycles. The van der Waals surface area contributed by atoms with Crippen molar-refractivity contribution in [2.24, 2.45) is 17.8 Å². The van der Waals surface area contributed by atoms with E-state index < -0.39 is 0 Å². The molecular formula is C18H21Cl2NO3. The lowest BCUT2D eigenvalue weighted by Crippen LogP contribution is -2.29. The third-order valence-corrected chi connectivity index (χ3v) is 5.76. The van der Waals surface area contributed by atoms with Crippen molar-refractivity contribution in [3.63, 3.8) is 0 Å². The Hall–Kier alpha value is -1.26. The maximum absolute atomic E-state index is 11.9. The van der Waals surface area contributed by atoms with Crippen LogP contribution >= 0.6 is 23.2 Å². The Balaban J connectivity index is 1.37. The quantitative estimate of drug-likeness (QED) is 0.771. The zero-order chi connectivity index (χ0) is 17.1. The summed E-state index contributed by atoms with van der Waals surface area (Å²) >= 11 is 11.9. The topological polar surface area (TPSA) is 55.4 Å². The van der Waals surface area contributed by atoms with Crippen molar-refractivity contribution < 1.29 is 14.3 Å². The standard InChI is InChI=1S/C18H21Cl2NO3/c19-15-4-3-13(16(20)8-15)9-21-17(22)10-24-18(23)7-14-6-11-1-2-12(14)5-11/h3-4,8,11-12,14H,1-2,5-7,9-10H2,(H,21,22)/t11-,12-,14-/m1/s1. The second kappa shape index (κ2) is 7.75. The number of fused-ring (bicyclic) bond motifs is 2. The summed E-state index contributed by atoms with van der Waals surface area (Å²) < 4.78 is 5.11. The molecule has 2 fully saturated rings. The fraction of sp³-hybridized carbons (Fsp3) is 0.556. The minimum absolute atomic E-state index is 0.245. The highest BCUT2D eigenvalue weighted by Gasteiger charge is 2.40. The molecular weight excluding hydrogens is 349 g/mol. The van der Waals surface area contributed by atoms with Crippen molar-refractivity contribution in [1.29, 1.82) is 0 Å². The highest BCUT2D eigenvalue weighted by atomic mass is 35.5. The fourth-order valence-electron chi connectivity index (χ4n) is 3.96. The molecule has 1 N–H and O–H groups in total. The summed E-state index contributed by atoms with van der Waals surface area (Å²) in [4.78, 5) is 23.7. The molecule has 0 aromatic heterocycles. The van der Waals surface area contributed by atoms with E-state index in [0.717, 1.165) is 17.9 Å². The summed E-state index contributed by atoms with van der Waals surface area (Å²) in [6, 6.07) is 5.09. The number of esters is 1. The van der Waals surface area contributed by atoms with Gasteiger partial charge in [0.05, 0.1) is 0 Å². The third kappa shape index (κ3) is 4.42. The van der Waals surface area contributed by atoms with Crippen molar-refractivity contribution in [1.82, 2.24) is 5.32 Å². The maximum atomic E-state index is 11.9. The van der Waals surface area contributed by atoms with E-state index in [2.05, 4.69) is 5.32 Å². The van der Waals surface area contributed by atoms with Gasteiger partial charge in [-0.15, -0.1) is 0 Å². The van der Waals surface area contributed by atoms with Gasteiger partial charge in [-0.2, -0.15) is 0 Å². The van der Waals surface area contributed by atoms with E-state index in [1.807, 2.05) is 0 Å². The van der Waals surface area contributed by atoms with E-state index in [9.17, 15) is 9.59 Å². The number of ether oxygens (including phenoxy) is 1. The fourth-order valence-corrected chi connectivity index (χ4v) is 4.43. The Morgan fingerprint density at radius 1 is 1.21 bits per heavy atom. The van der Waals surface area contributed by atoms with Crippen LogP contribution in [0.1, 0.15) is 37.7 Å². The monoisotopic (exact) mass is 369 g/mol. The normalized spacial score (nSPS) is 24.8. The molecule has 0 spiro atoms. The van der Waals surface area contributed by atoms with E-state index in [1.54, 1.807) is 18.2 Å². The number of hydrogen-bond acceptors (Lipinski definition) is 3. The Labute approximate surface area is 151 Å². The first kappa shape index (κ1) is 17.6. The van der Waals surface area contributed by atoms with Crippen LogP contribution in [0.25, 0.3) is 0 Å². The van der Waals surface area contributed by atoms with Crippen molar-refractivity contribution in [2.45, 2.75) is 38.6 Å². The summed E-state index contributed by atoms with van der Waals surface area (Å²) in [6.45, 7) is 0.0314. The van der Waals surface area contributed by atoms with Crippen LogP contribution in [0.2, 0.25) is 10.0 Å². The Bertz CT molecular complexity index is 635. The van der Waals surface area contributed by atoms with Gasteiger partial charge in [-0.1, -0.05) is 35.7 Å². The Morgan fingerprint density at radius 3 is 2.71 bits per heavy atom. The van der Waals surface area contributed by atoms with Gasteiger partial charge in [0.25, 0.3) is 5.91 Å². The zero-order valence-electron chi connectivity index (χ0n) is 13.4. The highest BCUT2D eigenvalue weighted by Crippen LogP contribution is 2.49. The molecule has 24 heavy (non-hydrogen) atoms. The summed E-state index contributed by atoms with van der Waals surface area (Å²) in [7, 11) is 0. The lowest BCUT2D eigenvalue weighted by molar-refractivity contribution is -0.149. The summed E-state index contributed by atoms with van der Waals surface area (Å²) in [5.74, 6) is 1.34. The van der Waals surface area contributed by atoms with Crippen molar-refractivity contribution in [2.75, 3.05) is 6.61 Å². The van der Waals surface area contributed by atoms with Gasteiger partial charge in [0.15, 0.2) is 6.61 Å². The van der Waals surface area contributed by atoms with Gasteiger partial charge in [0, 0.05) is 23.0 Å². The average molecular weight is 370 g/mol. The van der Waals surface area contributed by atoms with Crippen molar-refractivity contribution >= 4 is 35.1 Å². The SMILES string of the molecule is O=C(COC(=O)C[C@H]1C[C@@H]2CC[C@@H]1C2)NCc1ccc(Cl)cc1Cl. The molecule has 0 saturated heterocycles. The Morgan fingerprint density at radius 2 is 2.04 bits per heavy atom. The molecule has 1 aromatic rings. The van der Waals surface area contributed by atoms with Crippen molar-refractivity contribution in [3.05, 3.63) is 33.8 Å². The smallest absolute Gasteiger partial charge is 0.306 e. The zero-order valence-corrected chi connectivity index (χ0v) is 14.9. The van der Waals surface area contributed by atoms with Crippen LogP contribution in [-0.4, -0.2) is 18.5 Å². The second-order valence-corrected chi connectivity index (χ2v) is 7.66. The molecule has 2 aliphatic carbocycles. The first-order valence-corrected chi connectivity index (χ1v) is 9.13. The molecule has 2 aliphatic rings. The van der Waals surface area contributed by atoms with E-state index >= 15 is 0 Å². The molecule has 2 bridgehead atoms. The van der Waals surface area contributed by atoms with Gasteiger partial charge in [-0.3, -0.25) is 9.59 Å². The molecule has 1 aromatic carbocycles. The molecule has 2 saturated carbocycles. The first-order chi connectivity index (χ1) is 11.5. The van der Waals surface area contributed by atoms with Crippen LogP contribution in [0.5, 0.6) is 0 Å². The maximum Gasteiger partial charge on any atom is 0.306 e. The van der Waals surface area contributed by atoms with Crippen LogP contribution in [0.4, 0.5) is 0 Å². The molecule has 3 rings (SSSR count). The number of rotatable bonds is 6. The van der Waals surface area contributed by atoms with Gasteiger partial charge >= 0.3 is 5.97 Å². The first-order valence-electron chi connectivity index (χ1n) is 8.37. The molecule has 130 valence electrons. The van der Waals surface area contributed by atoms with Crippen molar-refractivity contribution in [3.8, 4) is 0 Å². The Kier molecular flexibility index (Phi) is 5.67. The number of carbonyl (C=O) groups is 2. The molecule has 6 heteroatoms. The number of hydrogen-bond donors (Lipinski definition) is 1. The number of nitrogens with one attached hydrogen (secondary N) is 1. The van der Waals surface area contributed by atoms with Crippen LogP contribution in [0.3, 0.4) is 0 Å². The summed E-state index contributed by atoms with van der Waals surface area (Å²) in [5.41, 5.74) is 0.766. The molecule has 0 heterocycles. The van der Waals surface area contributed by atoms with Gasteiger partial charge in [0.2, 0.25) is 0 Å². The highest BCUT2D eigenvalue weighted by molar-refractivity contribution is 6.35. The molecule has 4 nitrogen and oxygen atoms in total. The van der Waals surface area contributed by atoms with Gasteiger partial charge in [-0.05, 0) is 54.7 Å². The van der Waals surface area contributed by atoms with Crippen LogP contribution < -0.4 is 5.32 Å². The summed E-state index contributed by atoms with van der Waals surface area (Å²) in [5, 5.41) is 3.73. The number of amides is 1. The number of carbonyl (C=O) groups excluding carboxylic acids is 2. The molecule has 0 unspecified atom stereocenters. The molecule has 1 amide bonds. The predicted molar refractivity (Wildman–Crippen MR) is 92.8 cm³/mol. The number of halogens is 2. The molecule has 3 atom stereocenters. The average Bonchev–Trinajstić information content (AvgIpc) is 3.15. The van der Waals surface area contributed by atoms with Gasteiger partial charge < -0.3 is 10.1 Å². The van der Waals surface area contributed by atoms with E-state index in [-0.39, 0.29) is 25.0 Å². The minimum Gasteiger partial charge on any atom is -0.456 e. The predicted octanol–water partition coefficient (Wildman–Crippen LogP) is 3.98. The second-order valence-electron chi connectivity index (χ2n) is 6.81. The largest absolute Gasteiger partial charge is 0.456 e. The van der Waals surface area contributed by atoms with E-state index in [1.165, 1.54) is 19.3 Å².